The van der Waals surface area contributed by atoms with E-state index in [1.807, 2.05) is 25.1 Å². The smallest absolute Gasteiger partial charge is 0.241 e. The van der Waals surface area contributed by atoms with Gasteiger partial charge in [0, 0.05) is 15.6 Å². The third-order valence-corrected chi connectivity index (χ3v) is 7.50. The lowest BCUT2D eigenvalue weighted by Crippen LogP contribution is -2.51. The molecule has 34 heavy (non-hydrogen) atoms. The highest BCUT2D eigenvalue weighted by Gasteiger charge is 2.74. The standard InChI is InChI=1S/C27H18BrNO5/c1-14-5-4-6-15(13-14)22-20-21(26(33)29(25(20)32)17-11-9-16(28)10-12-17)27(34-22)23(30)18-7-2-3-8-19(18)24(27)31/h2-13,20-22H,1H3/t20-,21+,22-/m1/s1. The van der Waals surface area contributed by atoms with Gasteiger partial charge in [0.25, 0.3) is 0 Å². The Morgan fingerprint density at radius 1 is 0.824 bits per heavy atom. The number of hydrogen-bond donors (Lipinski definition) is 0. The predicted molar refractivity (Wildman–Crippen MR) is 126 cm³/mol. The zero-order chi connectivity index (χ0) is 23.8. The van der Waals surface area contributed by atoms with Gasteiger partial charge in [0.2, 0.25) is 29.0 Å². The van der Waals surface area contributed by atoms with Crippen molar-refractivity contribution in [3.63, 3.8) is 0 Å². The molecule has 2 saturated heterocycles. The van der Waals surface area contributed by atoms with Crippen molar-refractivity contribution in [2.24, 2.45) is 11.8 Å². The zero-order valence-corrected chi connectivity index (χ0v) is 19.6. The molecule has 2 aliphatic heterocycles. The van der Waals surface area contributed by atoms with E-state index in [2.05, 4.69) is 15.9 Å². The minimum absolute atomic E-state index is 0.221. The highest BCUT2D eigenvalue weighted by atomic mass is 79.9. The van der Waals surface area contributed by atoms with Crippen LogP contribution < -0.4 is 4.90 Å². The van der Waals surface area contributed by atoms with Crippen molar-refractivity contribution in [2.45, 2.75) is 18.6 Å². The molecule has 0 radical (unpaired) electrons. The number of ether oxygens (including phenoxy) is 1. The molecule has 3 aromatic carbocycles. The van der Waals surface area contributed by atoms with Crippen LogP contribution in [0.1, 0.15) is 37.9 Å². The van der Waals surface area contributed by atoms with Gasteiger partial charge in [-0.15, -0.1) is 0 Å². The van der Waals surface area contributed by atoms with Crippen LogP contribution in [0.3, 0.4) is 0 Å². The van der Waals surface area contributed by atoms with E-state index in [1.165, 1.54) is 0 Å². The van der Waals surface area contributed by atoms with Crippen molar-refractivity contribution in [1.29, 1.82) is 0 Å². The van der Waals surface area contributed by atoms with Crippen LogP contribution in [0.5, 0.6) is 0 Å². The molecule has 0 unspecified atom stereocenters. The van der Waals surface area contributed by atoms with E-state index in [0.717, 1.165) is 14.9 Å². The number of hydrogen-bond acceptors (Lipinski definition) is 5. The van der Waals surface area contributed by atoms with Gasteiger partial charge in [-0.05, 0) is 36.8 Å². The Balaban J connectivity index is 1.55. The number of carbonyl (C=O) groups is 4. The molecule has 3 aromatic rings. The number of halogens is 1. The molecule has 2 heterocycles. The summed E-state index contributed by atoms with van der Waals surface area (Å²) < 4.78 is 7.09. The number of Topliss-reactive ketones (excluding diaryl/α,β-unsaturated/α-hetero) is 2. The van der Waals surface area contributed by atoms with Crippen LogP contribution in [0, 0.1) is 18.8 Å². The van der Waals surface area contributed by atoms with Crippen molar-refractivity contribution in [3.8, 4) is 0 Å². The lowest BCUT2D eigenvalue weighted by molar-refractivity contribution is -0.127. The van der Waals surface area contributed by atoms with Crippen molar-refractivity contribution in [1.82, 2.24) is 0 Å². The molecule has 168 valence electrons. The molecule has 0 aromatic heterocycles. The normalized spacial score (nSPS) is 24.8. The third kappa shape index (κ3) is 2.65. The first-order valence-electron chi connectivity index (χ1n) is 10.9. The van der Waals surface area contributed by atoms with Crippen molar-refractivity contribution in [3.05, 3.63) is 99.5 Å². The number of aryl methyl sites for hydroxylation is 1. The fraction of sp³-hybridized carbons (Fsp3) is 0.185. The van der Waals surface area contributed by atoms with Crippen LogP contribution in [0.25, 0.3) is 0 Å². The number of benzene rings is 3. The first-order valence-corrected chi connectivity index (χ1v) is 11.7. The van der Waals surface area contributed by atoms with Gasteiger partial charge in [0.15, 0.2) is 0 Å². The lowest BCUT2D eigenvalue weighted by Gasteiger charge is -2.27. The molecule has 0 saturated carbocycles. The summed E-state index contributed by atoms with van der Waals surface area (Å²) in [5.74, 6) is -4.44. The van der Waals surface area contributed by atoms with Gasteiger partial charge in [0.05, 0.1) is 23.6 Å². The van der Waals surface area contributed by atoms with Crippen molar-refractivity contribution < 1.29 is 23.9 Å². The minimum Gasteiger partial charge on any atom is -0.349 e. The fourth-order valence-electron chi connectivity index (χ4n) is 5.51. The summed E-state index contributed by atoms with van der Waals surface area (Å²) in [6.07, 6.45) is -0.913. The Morgan fingerprint density at radius 2 is 1.47 bits per heavy atom. The summed E-state index contributed by atoms with van der Waals surface area (Å²) in [5, 5.41) is 0. The van der Waals surface area contributed by atoms with E-state index in [-0.39, 0.29) is 11.1 Å². The molecule has 3 atom stereocenters. The largest absolute Gasteiger partial charge is 0.349 e. The van der Waals surface area contributed by atoms with E-state index in [4.69, 9.17) is 4.74 Å². The van der Waals surface area contributed by atoms with Crippen LogP contribution in [0.15, 0.2) is 77.3 Å². The van der Waals surface area contributed by atoms with E-state index in [9.17, 15) is 19.2 Å². The second-order valence-electron chi connectivity index (χ2n) is 8.88. The molecule has 3 aliphatic rings. The van der Waals surface area contributed by atoms with Crippen LogP contribution in [0.2, 0.25) is 0 Å². The first kappa shape index (κ1) is 21.1. The second kappa shape index (κ2) is 7.29. The van der Waals surface area contributed by atoms with E-state index in [1.54, 1.807) is 54.6 Å². The van der Waals surface area contributed by atoms with E-state index >= 15 is 0 Å². The quantitative estimate of drug-likeness (QED) is 0.372. The van der Waals surface area contributed by atoms with Crippen LogP contribution in [0.4, 0.5) is 5.69 Å². The molecule has 1 aliphatic carbocycles. The molecule has 6 rings (SSSR count). The Kier molecular flexibility index (Phi) is 4.53. The zero-order valence-electron chi connectivity index (χ0n) is 18.0. The molecule has 2 fully saturated rings. The SMILES string of the molecule is Cc1cccc([C@H]2OC3(C(=O)c4ccccc4C3=O)[C@@H]3C(=O)N(c4ccc(Br)cc4)C(=O)[C@@H]23)c1. The van der Waals surface area contributed by atoms with Crippen molar-refractivity contribution >= 4 is 45.0 Å². The number of imide groups is 1. The average Bonchev–Trinajstić information content (AvgIpc) is 3.40. The minimum atomic E-state index is -2.06. The summed E-state index contributed by atoms with van der Waals surface area (Å²) in [6, 6.07) is 20.6. The number of anilines is 1. The Morgan fingerprint density at radius 3 is 2.09 bits per heavy atom. The second-order valence-corrected chi connectivity index (χ2v) is 9.80. The molecular formula is C27H18BrNO5. The molecular weight excluding hydrogens is 498 g/mol. The molecule has 6 nitrogen and oxygen atoms in total. The average molecular weight is 516 g/mol. The van der Waals surface area contributed by atoms with Gasteiger partial charge < -0.3 is 4.74 Å². The van der Waals surface area contributed by atoms with E-state index in [0.29, 0.717) is 11.3 Å². The number of amides is 2. The van der Waals surface area contributed by atoms with Gasteiger partial charge in [-0.2, -0.15) is 0 Å². The first-order chi connectivity index (χ1) is 16.3. The monoisotopic (exact) mass is 515 g/mol. The molecule has 0 N–H and O–H groups in total. The highest BCUT2D eigenvalue weighted by molar-refractivity contribution is 9.10. The van der Waals surface area contributed by atoms with Gasteiger partial charge >= 0.3 is 0 Å². The number of rotatable bonds is 2. The molecule has 1 spiro atoms. The summed E-state index contributed by atoms with van der Waals surface area (Å²) in [6.45, 7) is 1.91. The summed E-state index contributed by atoms with van der Waals surface area (Å²) >= 11 is 3.36. The summed E-state index contributed by atoms with van der Waals surface area (Å²) in [7, 11) is 0. The highest BCUT2D eigenvalue weighted by Crippen LogP contribution is 2.57. The Bertz CT molecular complexity index is 1380. The molecule has 7 heteroatoms. The fourth-order valence-corrected chi connectivity index (χ4v) is 5.77. The number of carbonyl (C=O) groups excluding carboxylic acids is 4. The van der Waals surface area contributed by atoms with Crippen LogP contribution in [-0.2, 0) is 14.3 Å². The number of ketones is 2. The number of fused-ring (bicyclic) bond motifs is 3. The maximum atomic E-state index is 13.8. The van der Waals surface area contributed by atoms with Gasteiger partial charge in [-0.3, -0.25) is 19.2 Å². The maximum Gasteiger partial charge on any atom is 0.241 e. The molecule has 0 bridgehead atoms. The van der Waals surface area contributed by atoms with Crippen LogP contribution in [-0.4, -0.2) is 29.0 Å². The maximum absolute atomic E-state index is 13.8. The molecule has 2 amide bonds. The Hall–Kier alpha value is -3.42. The lowest BCUT2D eigenvalue weighted by atomic mass is 9.77. The number of nitrogens with zero attached hydrogens (tertiary/aromatic N) is 1. The summed E-state index contributed by atoms with van der Waals surface area (Å²) in [5.41, 5.74) is 0.368. The third-order valence-electron chi connectivity index (χ3n) is 6.97. The van der Waals surface area contributed by atoms with E-state index < -0.39 is 46.9 Å². The van der Waals surface area contributed by atoms with Gasteiger partial charge in [-0.1, -0.05) is 70.0 Å². The Labute approximate surface area is 203 Å². The topological polar surface area (TPSA) is 80.8 Å². The summed E-state index contributed by atoms with van der Waals surface area (Å²) in [4.78, 5) is 56.2. The predicted octanol–water partition coefficient (Wildman–Crippen LogP) is 4.45. The van der Waals surface area contributed by atoms with Gasteiger partial charge in [0.1, 0.15) is 0 Å². The van der Waals surface area contributed by atoms with Crippen LogP contribution >= 0.6 is 15.9 Å². The van der Waals surface area contributed by atoms with Crippen molar-refractivity contribution in [2.75, 3.05) is 4.90 Å². The van der Waals surface area contributed by atoms with Gasteiger partial charge in [-0.25, -0.2) is 4.90 Å².